The number of nitrogens with zero attached hydrogens (tertiary/aromatic N) is 1. The summed E-state index contributed by atoms with van der Waals surface area (Å²) in [5.74, 6) is 0.886. The first-order valence-corrected chi connectivity index (χ1v) is 6.50. The summed E-state index contributed by atoms with van der Waals surface area (Å²) in [7, 11) is 0. The molecule has 0 spiro atoms. The first kappa shape index (κ1) is 13.6. The molecule has 2 N–H and O–H groups in total. The number of aliphatic hydroxyl groups excluding tert-OH is 2. The number of ether oxygens (including phenoxy) is 1. The van der Waals surface area contributed by atoms with Crippen LogP contribution in [0.1, 0.15) is 5.56 Å². The summed E-state index contributed by atoms with van der Waals surface area (Å²) in [6, 6.07) is 5.64. The second-order valence-corrected chi connectivity index (χ2v) is 4.88. The van der Waals surface area contributed by atoms with Crippen molar-refractivity contribution in [2.75, 3.05) is 32.8 Å². The van der Waals surface area contributed by atoms with E-state index in [4.69, 9.17) is 26.6 Å². The molecule has 1 aliphatic rings. The van der Waals surface area contributed by atoms with Crippen LogP contribution < -0.4 is 4.74 Å². The summed E-state index contributed by atoms with van der Waals surface area (Å²) in [6.07, 6.45) is 0.889. The lowest BCUT2D eigenvalue weighted by atomic mass is 10.1. The predicted octanol–water partition coefficient (Wildman–Crippen LogP) is 0.930. The maximum atomic E-state index is 8.97. The highest BCUT2D eigenvalue weighted by Gasteiger charge is 2.24. The maximum Gasteiger partial charge on any atom is 0.123 e. The second-order valence-electron chi connectivity index (χ2n) is 4.44. The number of hydrogen-bond donors (Lipinski definition) is 2. The molecule has 0 aliphatic carbocycles. The van der Waals surface area contributed by atoms with Crippen LogP contribution in [-0.2, 0) is 6.42 Å². The summed E-state index contributed by atoms with van der Waals surface area (Å²) in [5.41, 5.74) is 1.13. The monoisotopic (exact) mass is 271 g/mol. The molecule has 1 aromatic carbocycles. The van der Waals surface area contributed by atoms with Gasteiger partial charge in [-0.15, -0.1) is 0 Å². The van der Waals surface area contributed by atoms with E-state index in [9.17, 15) is 0 Å². The Morgan fingerprint density at radius 2 is 2.00 bits per heavy atom. The van der Waals surface area contributed by atoms with Crippen LogP contribution in [0.2, 0.25) is 5.02 Å². The van der Waals surface area contributed by atoms with Gasteiger partial charge < -0.3 is 14.9 Å². The molecule has 2 rings (SSSR count). The zero-order valence-electron chi connectivity index (χ0n) is 10.2. The van der Waals surface area contributed by atoms with Gasteiger partial charge in [-0.3, -0.25) is 4.90 Å². The zero-order chi connectivity index (χ0) is 13.0. The molecule has 0 saturated carbocycles. The van der Waals surface area contributed by atoms with Crippen LogP contribution in [0.15, 0.2) is 18.2 Å². The van der Waals surface area contributed by atoms with Gasteiger partial charge in [0, 0.05) is 31.1 Å². The van der Waals surface area contributed by atoms with Crippen molar-refractivity contribution in [1.82, 2.24) is 4.90 Å². The summed E-state index contributed by atoms with van der Waals surface area (Å²) < 4.78 is 5.82. The highest BCUT2D eigenvalue weighted by Crippen LogP contribution is 2.31. The van der Waals surface area contributed by atoms with Gasteiger partial charge in [-0.05, 0) is 23.8 Å². The van der Waals surface area contributed by atoms with E-state index < -0.39 is 0 Å². The van der Waals surface area contributed by atoms with Crippen LogP contribution in [0.3, 0.4) is 0 Å². The van der Waals surface area contributed by atoms with Crippen molar-refractivity contribution in [2.45, 2.75) is 12.5 Å². The van der Waals surface area contributed by atoms with E-state index in [2.05, 4.69) is 0 Å². The van der Waals surface area contributed by atoms with E-state index in [0.717, 1.165) is 22.8 Å². The van der Waals surface area contributed by atoms with Gasteiger partial charge in [-0.25, -0.2) is 0 Å². The lowest BCUT2D eigenvalue weighted by molar-refractivity contribution is 0.111. The SMILES string of the molecule is OCCN(CCO)CC1Cc2cc(Cl)ccc2O1. The van der Waals surface area contributed by atoms with E-state index in [0.29, 0.717) is 19.6 Å². The summed E-state index contributed by atoms with van der Waals surface area (Å²) in [4.78, 5) is 2.00. The van der Waals surface area contributed by atoms with Gasteiger partial charge >= 0.3 is 0 Å². The molecule has 18 heavy (non-hydrogen) atoms. The smallest absolute Gasteiger partial charge is 0.123 e. The number of hydrogen-bond acceptors (Lipinski definition) is 4. The average Bonchev–Trinajstić information content (AvgIpc) is 2.71. The number of benzene rings is 1. The lowest BCUT2D eigenvalue weighted by Gasteiger charge is -2.23. The van der Waals surface area contributed by atoms with Gasteiger partial charge in [0.15, 0.2) is 0 Å². The zero-order valence-corrected chi connectivity index (χ0v) is 10.9. The standard InChI is InChI=1S/C13H18ClNO3/c14-11-1-2-13-10(7-11)8-12(18-13)9-15(3-5-16)4-6-17/h1-2,7,12,16-17H,3-6,8-9H2. The van der Waals surface area contributed by atoms with E-state index in [-0.39, 0.29) is 19.3 Å². The highest BCUT2D eigenvalue weighted by molar-refractivity contribution is 6.30. The molecule has 4 nitrogen and oxygen atoms in total. The molecule has 1 heterocycles. The van der Waals surface area contributed by atoms with Crippen molar-refractivity contribution in [1.29, 1.82) is 0 Å². The first-order valence-electron chi connectivity index (χ1n) is 6.12. The molecule has 1 atom stereocenters. The Labute approximate surface area is 112 Å². The van der Waals surface area contributed by atoms with E-state index >= 15 is 0 Å². The fraction of sp³-hybridized carbons (Fsp3) is 0.538. The molecular formula is C13H18ClNO3. The van der Waals surface area contributed by atoms with Gasteiger partial charge in [0.05, 0.1) is 13.2 Å². The quantitative estimate of drug-likeness (QED) is 0.808. The summed E-state index contributed by atoms with van der Waals surface area (Å²) in [5, 5.41) is 18.7. The highest BCUT2D eigenvalue weighted by atomic mass is 35.5. The number of rotatable bonds is 6. The Morgan fingerprint density at radius 1 is 1.28 bits per heavy atom. The molecule has 1 unspecified atom stereocenters. The van der Waals surface area contributed by atoms with Crippen molar-refractivity contribution in [2.24, 2.45) is 0 Å². The number of halogens is 1. The van der Waals surface area contributed by atoms with Crippen LogP contribution in [0.25, 0.3) is 0 Å². The van der Waals surface area contributed by atoms with Gasteiger partial charge in [0.2, 0.25) is 0 Å². The minimum Gasteiger partial charge on any atom is -0.488 e. The molecule has 5 heteroatoms. The molecule has 0 saturated heterocycles. The van der Waals surface area contributed by atoms with Crippen LogP contribution in [0, 0.1) is 0 Å². The molecule has 1 aliphatic heterocycles. The summed E-state index contributed by atoms with van der Waals surface area (Å²) >= 11 is 5.94. The van der Waals surface area contributed by atoms with E-state index in [1.165, 1.54) is 0 Å². The molecule has 0 aromatic heterocycles. The van der Waals surface area contributed by atoms with Gasteiger partial charge in [-0.2, -0.15) is 0 Å². The first-order chi connectivity index (χ1) is 8.72. The minimum absolute atomic E-state index is 0.0663. The average molecular weight is 272 g/mol. The third kappa shape index (κ3) is 3.36. The Morgan fingerprint density at radius 3 is 2.67 bits per heavy atom. The molecule has 0 radical (unpaired) electrons. The fourth-order valence-electron chi connectivity index (χ4n) is 2.26. The van der Waals surface area contributed by atoms with Crippen LogP contribution in [0.4, 0.5) is 0 Å². The van der Waals surface area contributed by atoms with E-state index in [1.807, 2.05) is 23.1 Å². The van der Waals surface area contributed by atoms with Crippen LogP contribution >= 0.6 is 11.6 Å². The van der Waals surface area contributed by atoms with Gasteiger partial charge in [-0.1, -0.05) is 11.6 Å². The maximum absolute atomic E-state index is 8.97. The number of fused-ring (bicyclic) bond motifs is 1. The normalized spacial score (nSPS) is 17.9. The lowest BCUT2D eigenvalue weighted by Crippen LogP contribution is -2.38. The topological polar surface area (TPSA) is 52.9 Å². The third-order valence-electron chi connectivity index (χ3n) is 3.06. The predicted molar refractivity (Wildman–Crippen MR) is 70.2 cm³/mol. The fourth-order valence-corrected chi connectivity index (χ4v) is 2.45. The van der Waals surface area contributed by atoms with E-state index in [1.54, 1.807) is 0 Å². The molecule has 1 aromatic rings. The minimum atomic E-state index is 0.0663. The Bertz CT molecular complexity index is 394. The van der Waals surface area contributed by atoms with Crippen molar-refractivity contribution in [3.63, 3.8) is 0 Å². The Hall–Kier alpha value is -0.810. The van der Waals surface area contributed by atoms with Gasteiger partial charge in [0.25, 0.3) is 0 Å². The van der Waals surface area contributed by atoms with Crippen molar-refractivity contribution in [3.8, 4) is 5.75 Å². The molecule has 100 valence electrons. The molecular weight excluding hydrogens is 254 g/mol. The Balaban J connectivity index is 1.93. The largest absolute Gasteiger partial charge is 0.488 e. The number of aliphatic hydroxyl groups is 2. The van der Waals surface area contributed by atoms with Crippen LogP contribution in [-0.4, -0.2) is 54.1 Å². The van der Waals surface area contributed by atoms with Crippen molar-refractivity contribution >= 4 is 11.6 Å². The Kier molecular flexibility index (Phi) is 4.83. The molecule has 0 amide bonds. The second kappa shape index (κ2) is 6.38. The van der Waals surface area contributed by atoms with Gasteiger partial charge in [0.1, 0.15) is 11.9 Å². The van der Waals surface area contributed by atoms with Crippen molar-refractivity contribution < 1.29 is 14.9 Å². The molecule has 0 bridgehead atoms. The van der Waals surface area contributed by atoms with Crippen LogP contribution in [0.5, 0.6) is 5.75 Å². The molecule has 0 fully saturated rings. The third-order valence-corrected chi connectivity index (χ3v) is 3.29. The summed E-state index contributed by atoms with van der Waals surface area (Å²) in [6.45, 7) is 1.99. The van der Waals surface area contributed by atoms with Crippen molar-refractivity contribution in [3.05, 3.63) is 28.8 Å².